The molecule has 2 bridgehead atoms. The fourth-order valence-electron chi connectivity index (χ4n) is 4.76. The van der Waals surface area contributed by atoms with Gasteiger partial charge in [0.2, 0.25) is 5.91 Å². The Morgan fingerprint density at radius 2 is 1.64 bits per heavy atom. The highest BCUT2D eigenvalue weighted by Crippen LogP contribution is 2.60. The third-order valence-electron chi connectivity index (χ3n) is 5.77. The first-order chi connectivity index (χ1) is 12.2. The van der Waals surface area contributed by atoms with Crippen LogP contribution in [0.2, 0.25) is 0 Å². The second-order valence-corrected chi connectivity index (χ2v) is 6.98. The fraction of sp³-hybridized carbons (Fsp3) is 0.350. The molecule has 2 fully saturated rings. The number of fused-ring (bicyclic) bond motifs is 2. The van der Waals surface area contributed by atoms with E-state index < -0.39 is 4.92 Å². The predicted octanol–water partition coefficient (Wildman–Crippen LogP) is 4.36. The van der Waals surface area contributed by atoms with Crippen molar-refractivity contribution in [3.8, 4) is 0 Å². The topological polar surface area (TPSA) is 72.2 Å². The zero-order valence-electron chi connectivity index (χ0n) is 13.8. The summed E-state index contributed by atoms with van der Waals surface area (Å²) in [6, 6.07) is 16.7. The van der Waals surface area contributed by atoms with Gasteiger partial charge < -0.3 is 5.32 Å². The van der Waals surface area contributed by atoms with Crippen molar-refractivity contribution in [2.45, 2.75) is 25.2 Å². The smallest absolute Gasteiger partial charge is 0.292 e. The third-order valence-corrected chi connectivity index (χ3v) is 5.77. The molecule has 2 aliphatic carbocycles. The van der Waals surface area contributed by atoms with Crippen LogP contribution in [0.15, 0.2) is 54.6 Å². The number of para-hydroxylation sites is 2. The quantitative estimate of drug-likeness (QED) is 0.666. The average molecular weight is 336 g/mol. The number of amides is 1. The van der Waals surface area contributed by atoms with E-state index in [1.807, 2.05) is 18.2 Å². The molecule has 1 amide bonds. The molecule has 4 rings (SSSR count). The summed E-state index contributed by atoms with van der Waals surface area (Å²) in [6.07, 6.45) is 3.25. The number of nitro benzene ring substituents is 1. The fourth-order valence-corrected chi connectivity index (χ4v) is 4.76. The summed E-state index contributed by atoms with van der Waals surface area (Å²) in [5.41, 5.74) is 1.55. The first kappa shape index (κ1) is 15.8. The van der Waals surface area contributed by atoms with Crippen molar-refractivity contribution >= 4 is 17.3 Å². The van der Waals surface area contributed by atoms with Crippen LogP contribution in [0.5, 0.6) is 0 Å². The molecule has 0 saturated heterocycles. The van der Waals surface area contributed by atoms with Crippen molar-refractivity contribution in [1.82, 2.24) is 0 Å². The molecule has 5 heteroatoms. The number of nitrogens with one attached hydrogen (secondary N) is 1. The van der Waals surface area contributed by atoms with Gasteiger partial charge in [-0.25, -0.2) is 0 Å². The van der Waals surface area contributed by atoms with Crippen LogP contribution < -0.4 is 5.32 Å². The highest BCUT2D eigenvalue weighted by Gasteiger charge is 2.55. The van der Waals surface area contributed by atoms with Crippen LogP contribution in [0.25, 0.3) is 0 Å². The van der Waals surface area contributed by atoms with Gasteiger partial charge in [0, 0.05) is 12.0 Å². The van der Waals surface area contributed by atoms with Crippen molar-refractivity contribution in [3.05, 3.63) is 70.3 Å². The average Bonchev–Trinajstić information content (AvgIpc) is 2.63. The number of anilines is 1. The molecular formula is C20H20N2O3. The largest absolute Gasteiger partial charge is 0.320 e. The Bertz CT molecular complexity index is 794. The van der Waals surface area contributed by atoms with Gasteiger partial charge in [-0.05, 0) is 42.2 Å². The predicted molar refractivity (Wildman–Crippen MR) is 95.2 cm³/mol. The maximum atomic E-state index is 12.8. The second kappa shape index (κ2) is 6.31. The Labute approximate surface area is 146 Å². The minimum Gasteiger partial charge on any atom is -0.320 e. The highest BCUT2D eigenvalue weighted by molar-refractivity contribution is 5.96. The van der Waals surface area contributed by atoms with Crippen molar-refractivity contribution in [2.24, 2.45) is 17.8 Å². The lowest BCUT2D eigenvalue weighted by molar-refractivity contribution is -0.383. The summed E-state index contributed by atoms with van der Waals surface area (Å²) >= 11 is 0. The molecular weight excluding hydrogens is 316 g/mol. The number of benzene rings is 2. The zero-order valence-corrected chi connectivity index (χ0v) is 13.8. The van der Waals surface area contributed by atoms with Gasteiger partial charge in [-0.2, -0.15) is 0 Å². The van der Waals surface area contributed by atoms with E-state index in [0.717, 1.165) is 19.3 Å². The first-order valence-corrected chi connectivity index (χ1v) is 8.76. The van der Waals surface area contributed by atoms with Crippen molar-refractivity contribution in [3.63, 3.8) is 0 Å². The number of carbonyl (C=O) groups is 1. The molecule has 2 aromatic carbocycles. The molecule has 25 heavy (non-hydrogen) atoms. The first-order valence-electron chi connectivity index (χ1n) is 8.76. The summed E-state index contributed by atoms with van der Waals surface area (Å²) < 4.78 is 0. The maximum Gasteiger partial charge on any atom is 0.292 e. The Morgan fingerprint density at radius 1 is 1.00 bits per heavy atom. The molecule has 2 saturated carbocycles. The summed E-state index contributed by atoms with van der Waals surface area (Å²) in [5, 5.41) is 14.0. The normalized spacial score (nSPS) is 27.2. The van der Waals surface area contributed by atoms with Gasteiger partial charge in [-0.3, -0.25) is 14.9 Å². The lowest BCUT2D eigenvalue weighted by Gasteiger charge is -2.55. The van der Waals surface area contributed by atoms with Gasteiger partial charge in [0.25, 0.3) is 5.69 Å². The number of rotatable bonds is 4. The molecule has 128 valence electrons. The maximum absolute atomic E-state index is 12.8. The van der Waals surface area contributed by atoms with Crippen LogP contribution in [-0.2, 0) is 4.79 Å². The second-order valence-electron chi connectivity index (χ2n) is 6.98. The van der Waals surface area contributed by atoms with Crippen LogP contribution in [0.3, 0.4) is 0 Å². The monoisotopic (exact) mass is 336 g/mol. The number of nitro groups is 1. The Kier molecular flexibility index (Phi) is 3.99. The molecule has 5 nitrogen and oxygen atoms in total. The van der Waals surface area contributed by atoms with E-state index in [1.165, 1.54) is 11.6 Å². The van der Waals surface area contributed by atoms with Gasteiger partial charge >= 0.3 is 0 Å². The molecule has 0 unspecified atom stereocenters. The summed E-state index contributed by atoms with van der Waals surface area (Å²) in [4.78, 5) is 23.5. The minimum absolute atomic E-state index is 0.0428. The highest BCUT2D eigenvalue weighted by atomic mass is 16.6. The van der Waals surface area contributed by atoms with Crippen LogP contribution >= 0.6 is 0 Å². The summed E-state index contributed by atoms with van der Waals surface area (Å²) in [7, 11) is 0. The lowest BCUT2D eigenvalue weighted by atomic mass is 9.48. The number of carbonyl (C=O) groups excluding carboxylic acids is 1. The Hall–Kier alpha value is -2.69. The molecule has 0 radical (unpaired) electrons. The summed E-state index contributed by atoms with van der Waals surface area (Å²) in [5.74, 6) is 0.999. The molecule has 2 aromatic rings. The standard InChI is InChI=1S/C20H20N2O3/c23-20(21-16-11-4-5-12-17(16)22(24)25)19-14-9-6-10-15(19)18(14)13-7-2-1-3-8-13/h1-5,7-8,11-12,14-15,18-19H,6,9-10H2,(H,21,23)/t14-,15-,18?,19?/m1/s1. The van der Waals surface area contributed by atoms with Crippen molar-refractivity contribution in [1.29, 1.82) is 0 Å². The molecule has 0 aromatic heterocycles. The SMILES string of the molecule is O=C(Nc1ccccc1[N+](=O)[O-])C1[C@@H]2CCC[C@@H]1C2c1ccccc1. The number of hydrogen-bond donors (Lipinski definition) is 1. The molecule has 2 atom stereocenters. The van der Waals surface area contributed by atoms with Crippen LogP contribution in [0.4, 0.5) is 11.4 Å². The summed E-state index contributed by atoms with van der Waals surface area (Å²) in [6.45, 7) is 0. The number of hydrogen-bond acceptors (Lipinski definition) is 3. The Morgan fingerprint density at radius 3 is 2.32 bits per heavy atom. The molecule has 2 aliphatic rings. The van der Waals surface area contributed by atoms with E-state index in [1.54, 1.807) is 18.2 Å². The van der Waals surface area contributed by atoms with E-state index in [2.05, 4.69) is 17.4 Å². The van der Waals surface area contributed by atoms with Crippen LogP contribution in [0.1, 0.15) is 30.7 Å². The van der Waals surface area contributed by atoms with Crippen LogP contribution in [-0.4, -0.2) is 10.8 Å². The van der Waals surface area contributed by atoms with Gasteiger partial charge in [0.15, 0.2) is 0 Å². The van der Waals surface area contributed by atoms with E-state index in [9.17, 15) is 14.9 Å². The van der Waals surface area contributed by atoms with Gasteiger partial charge in [0.1, 0.15) is 5.69 Å². The van der Waals surface area contributed by atoms with Crippen molar-refractivity contribution < 1.29 is 9.72 Å². The molecule has 0 aliphatic heterocycles. The van der Waals surface area contributed by atoms with E-state index in [4.69, 9.17) is 0 Å². The lowest BCUT2D eigenvalue weighted by Crippen LogP contribution is -2.53. The minimum atomic E-state index is -0.454. The van der Waals surface area contributed by atoms with E-state index >= 15 is 0 Å². The van der Waals surface area contributed by atoms with E-state index in [-0.39, 0.29) is 17.5 Å². The zero-order chi connectivity index (χ0) is 17.4. The van der Waals surface area contributed by atoms with Crippen molar-refractivity contribution in [2.75, 3.05) is 5.32 Å². The molecule has 1 N–H and O–H groups in total. The third kappa shape index (κ3) is 2.69. The molecule has 0 heterocycles. The number of nitrogens with zero attached hydrogens (tertiary/aromatic N) is 1. The molecule has 0 spiro atoms. The Balaban J connectivity index is 1.54. The van der Waals surface area contributed by atoms with E-state index in [0.29, 0.717) is 23.4 Å². The van der Waals surface area contributed by atoms with Gasteiger partial charge in [0.05, 0.1) is 4.92 Å². The van der Waals surface area contributed by atoms with Crippen LogP contribution in [0, 0.1) is 27.9 Å². The van der Waals surface area contributed by atoms with Gasteiger partial charge in [-0.1, -0.05) is 48.9 Å². The van der Waals surface area contributed by atoms with Gasteiger partial charge in [-0.15, -0.1) is 0 Å².